The number of aromatic nitrogens is 1. The van der Waals surface area contributed by atoms with Crippen LogP contribution in [0.5, 0.6) is 0 Å². The van der Waals surface area contributed by atoms with Crippen LogP contribution in [0.4, 0.5) is 0 Å². The summed E-state index contributed by atoms with van der Waals surface area (Å²) in [6.07, 6.45) is 6.92. The third-order valence-corrected chi connectivity index (χ3v) is 2.45. The summed E-state index contributed by atoms with van der Waals surface area (Å²) in [4.78, 5) is 15.7. The Bertz CT molecular complexity index is 323. The molecule has 1 aromatic heterocycles. The van der Waals surface area contributed by atoms with E-state index in [9.17, 15) is 4.79 Å². The lowest BCUT2D eigenvalue weighted by molar-refractivity contribution is 0.0978. The first-order valence-electron chi connectivity index (χ1n) is 5.39. The number of hydrogen-bond donors (Lipinski definition) is 1. The third-order valence-electron chi connectivity index (χ3n) is 2.45. The number of hydrogen-bond acceptors (Lipinski definition) is 3. The molecule has 0 fully saturated rings. The number of aryl methyl sites for hydroxylation is 1. The van der Waals surface area contributed by atoms with E-state index in [4.69, 9.17) is 5.73 Å². The van der Waals surface area contributed by atoms with Crippen molar-refractivity contribution in [2.45, 2.75) is 32.6 Å². The predicted octanol–water partition coefficient (Wildman–Crippen LogP) is 2.09. The highest BCUT2D eigenvalue weighted by atomic mass is 16.1. The largest absolute Gasteiger partial charge is 0.330 e. The lowest BCUT2D eigenvalue weighted by Crippen LogP contribution is -2.03. The number of ketones is 1. The highest BCUT2D eigenvalue weighted by Gasteiger charge is 2.07. The van der Waals surface area contributed by atoms with Crippen LogP contribution in [0.25, 0.3) is 0 Å². The number of unbranched alkanes of at least 4 members (excludes halogenated alkanes) is 2. The molecule has 3 nitrogen and oxygen atoms in total. The van der Waals surface area contributed by atoms with Crippen LogP contribution < -0.4 is 5.73 Å². The van der Waals surface area contributed by atoms with Crippen LogP contribution >= 0.6 is 0 Å². The number of nitrogens with two attached hydrogens (primary N) is 1. The first-order chi connectivity index (χ1) is 7.25. The Hall–Kier alpha value is -1.22. The summed E-state index contributed by atoms with van der Waals surface area (Å²) in [5.41, 5.74) is 7.15. The SMILES string of the molecule is Cc1ccncc1C(=O)CCCCCN. The fraction of sp³-hybridized carbons (Fsp3) is 0.500. The van der Waals surface area contributed by atoms with Crippen molar-refractivity contribution in [3.05, 3.63) is 29.6 Å². The van der Waals surface area contributed by atoms with E-state index in [-0.39, 0.29) is 5.78 Å². The summed E-state index contributed by atoms with van der Waals surface area (Å²) >= 11 is 0. The minimum absolute atomic E-state index is 0.192. The molecule has 0 unspecified atom stereocenters. The molecule has 0 aliphatic carbocycles. The van der Waals surface area contributed by atoms with Gasteiger partial charge in [0.2, 0.25) is 0 Å². The molecule has 0 aliphatic rings. The Kier molecular flexibility index (Phi) is 4.98. The summed E-state index contributed by atoms with van der Waals surface area (Å²) < 4.78 is 0. The van der Waals surface area contributed by atoms with Crippen molar-refractivity contribution in [1.82, 2.24) is 4.98 Å². The van der Waals surface area contributed by atoms with Crippen molar-refractivity contribution in [2.24, 2.45) is 5.73 Å². The van der Waals surface area contributed by atoms with Crippen molar-refractivity contribution in [1.29, 1.82) is 0 Å². The van der Waals surface area contributed by atoms with Crippen LogP contribution in [0.3, 0.4) is 0 Å². The molecule has 1 rings (SSSR count). The van der Waals surface area contributed by atoms with E-state index in [0.29, 0.717) is 13.0 Å². The number of carbonyl (C=O) groups is 1. The van der Waals surface area contributed by atoms with Gasteiger partial charge in [0.25, 0.3) is 0 Å². The van der Waals surface area contributed by atoms with Crippen LogP contribution in [0, 0.1) is 6.92 Å². The Balaban J connectivity index is 2.44. The van der Waals surface area contributed by atoms with Crippen molar-refractivity contribution >= 4 is 5.78 Å². The number of carbonyl (C=O) groups excluding carboxylic acids is 1. The van der Waals surface area contributed by atoms with Crippen molar-refractivity contribution in [2.75, 3.05) is 6.54 Å². The Labute approximate surface area is 90.7 Å². The van der Waals surface area contributed by atoms with Gasteiger partial charge in [-0.05, 0) is 37.9 Å². The summed E-state index contributed by atoms with van der Waals surface area (Å²) in [5, 5.41) is 0. The Morgan fingerprint density at radius 1 is 1.40 bits per heavy atom. The van der Waals surface area contributed by atoms with Crippen molar-refractivity contribution < 1.29 is 4.79 Å². The van der Waals surface area contributed by atoms with Gasteiger partial charge >= 0.3 is 0 Å². The molecule has 0 saturated carbocycles. The van der Waals surface area contributed by atoms with E-state index < -0.39 is 0 Å². The molecular weight excluding hydrogens is 188 g/mol. The van der Waals surface area contributed by atoms with E-state index in [0.717, 1.165) is 30.4 Å². The predicted molar refractivity (Wildman–Crippen MR) is 60.8 cm³/mol. The molecule has 15 heavy (non-hydrogen) atoms. The summed E-state index contributed by atoms with van der Waals surface area (Å²) in [6.45, 7) is 2.65. The van der Waals surface area contributed by atoms with Crippen LogP contribution in [0.2, 0.25) is 0 Å². The maximum Gasteiger partial charge on any atom is 0.164 e. The lowest BCUT2D eigenvalue weighted by atomic mass is 10.0. The molecule has 0 radical (unpaired) electrons. The van der Waals surface area contributed by atoms with E-state index in [1.165, 1.54) is 0 Å². The van der Waals surface area contributed by atoms with Gasteiger partial charge in [0.1, 0.15) is 0 Å². The summed E-state index contributed by atoms with van der Waals surface area (Å²) in [5.74, 6) is 0.192. The minimum Gasteiger partial charge on any atom is -0.330 e. The topological polar surface area (TPSA) is 56.0 Å². The maximum atomic E-state index is 11.8. The van der Waals surface area contributed by atoms with E-state index in [1.807, 2.05) is 13.0 Å². The van der Waals surface area contributed by atoms with Gasteiger partial charge in [0, 0.05) is 24.4 Å². The zero-order valence-corrected chi connectivity index (χ0v) is 9.20. The molecule has 0 spiro atoms. The molecule has 1 heterocycles. The molecule has 82 valence electrons. The third kappa shape index (κ3) is 3.80. The molecule has 3 heteroatoms. The maximum absolute atomic E-state index is 11.8. The van der Waals surface area contributed by atoms with Gasteiger partial charge in [-0.25, -0.2) is 0 Å². The second-order valence-corrected chi connectivity index (χ2v) is 3.71. The van der Waals surface area contributed by atoms with Gasteiger partial charge in [0.05, 0.1) is 0 Å². The molecule has 0 aromatic carbocycles. The number of nitrogens with zero attached hydrogens (tertiary/aromatic N) is 1. The van der Waals surface area contributed by atoms with E-state index in [2.05, 4.69) is 4.98 Å². The first kappa shape index (κ1) is 11.9. The summed E-state index contributed by atoms with van der Waals surface area (Å²) in [7, 11) is 0. The average Bonchev–Trinajstić information content (AvgIpc) is 2.25. The van der Waals surface area contributed by atoms with Gasteiger partial charge in [-0.2, -0.15) is 0 Å². The molecule has 2 N–H and O–H groups in total. The molecule has 0 amide bonds. The Morgan fingerprint density at radius 3 is 2.87 bits per heavy atom. The fourth-order valence-electron chi connectivity index (χ4n) is 1.50. The zero-order valence-electron chi connectivity index (χ0n) is 9.20. The monoisotopic (exact) mass is 206 g/mol. The van der Waals surface area contributed by atoms with Crippen LogP contribution in [0.1, 0.15) is 41.6 Å². The van der Waals surface area contributed by atoms with Crippen LogP contribution in [-0.2, 0) is 0 Å². The number of rotatable bonds is 6. The highest BCUT2D eigenvalue weighted by molar-refractivity contribution is 5.97. The van der Waals surface area contributed by atoms with Crippen molar-refractivity contribution in [3.8, 4) is 0 Å². The summed E-state index contributed by atoms with van der Waals surface area (Å²) in [6, 6.07) is 1.87. The van der Waals surface area contributed by atoms with Gasteiger partial charge < -0.3 is 5.73 Å². The minimum atomic E-state index is 0.192. The van der Waals surface area contributed by atoms with Gasteiger partial charge in [-0.1, -0.05) is 6.42 Å². The normalized spacial score (nSPS) is 10.3. The van der Waals surface area contributed by atoms with Crippen molar-refractivity contribution in [3.63, 3.8) is 0 Å². The first-order valence-corrected chi connectivity index (χ1v) is 5.39. The molecule has 0 aliphatic heterocycles. The number of pyridine rings is 1. The second kappa shape index (κ2) is 6.30. The van der Waals surface area contributed by atoms with Gasteiger partial charge in [-0.3, -0.25) is 9.78 Å². The highest BCUT2D eigenvalue weighted by Crippen LogP contribution is 2.10. The van der Waals surface area contributed by atoms with Crippen LogP contribution in [0.15, 0.2) is 18.5 Å². The standard InChI is InChI=1S/C12H18N2O/c1-10-6-8-14-9-11(10)12(15)5-3-2-4-7-13/h6,8-9H,2-5,7,13H2,1H3. The fourth-order valence-corrected chi connectivity index (χ4v) is 1.50. The lowest BCUT2D eigenvalue weighted by Gasteiger charge is -2.03. The molecule has 0 atom stereocenters. The average molecular weight is 206 g/mol. The van der Waals surface area contributed by atoms with E-state index >= 15 is 0 Å². The zero-order chi connectivity index (χ0) is 11.1. The molecule has 0 bridgehead atoms. The second-order valence-electron chi connectivity index (χ2n) is 3.71. The van der Waals surface area contributed by atoms with E-state index in [1.54, 1.807) is 12.4 Å². The van der Waals surface area contributed by atoms with Gasteiger partial charge in [-0.15, -0.1) is 0 Å². The number of Topliss-reactive ketones (excluding diaryl/α,β-unsaturated/α-hetero) is 1. The Morgan fingerprint density at radius 2 is 2.20 bits per heavy atom. The smallest absolute Gasteiger partial charge is 0.164 e. The quantitative estimate of drug-likeness (QED) is 0.572. The van der Waals surface area contributed by atoms with Crippen LogP contribution in [-0.4, -0.2) is 17.3 Å². The molecule has 0 saturated heterocycles. The van der Waals surface area contributed by atoms with Gasteiger partial charge in [0.15, 0.2) is 5.78 Å². The molecule has 1 aromatic rings. The molecular formula is C12H18N2O.